The second kappa shape index (κ2) is 11.4. The lowest BCUT2D eigenvalue weighted by Crippen LogP contribution is -2.35. The molecule has 0 aliphatic carbocycles. The second-order valence-corrected chi connectivity index (χ2v) is 10.2. The molecule has 6 rings (SSSR count). The number of hydrogen-bond acceptors (Lipinski definition) is 8. The minimum absolute atomic E-state index is 0.0283. The van der Waals surface area contributed by atoms with Gasteiger partial charge in [-0.15, -0.1) is 5.10 Å². The largest absolute Gasteiger partial charge is 0.497 e. The van der Waals surface area contributed by atoms with Gasteiger partial charge in [-0.2, -0.15) is 0 Å². The van der Waals surface area contributed by atoms with Crippen LogP contribution in [0.1, 0.15) is 47.2 Å². The van der Waals surface area contributed by atoms with Crippen LogP contribution in [-0.4, -0.2) is 49.9 Å². The molecule has 0 spiro atoms. The first-order valence-electron chi connectivity index (χ1n) is 13.5. The molecule has 40 heavy (non-hydrogen) atoms. The van der Waals surface area contributed by atoms with Gasteiger partial charge in [0.15, 0.2) is 5.82 Å². The topological polar surface area (TPSA) is 111 Å². The number of pyridine rings is 1. The van der Waals surface area contributed by atoms with Crippen LogP contribution in [0.5, 0.6) is 5.75 Å². The molecule has 1 N–H and O–H groups in total. The summed E-state index contributed by atoms with van der Waals surface area (Å²) < 4.78 is 18.8. The first-order valence-corrected chi connectivity index (χ1v) is 13.5. The van der Waals surface area contributed by atoms with Crippen molar-refractivity contribution in [3.63, 3.8) is 0 Å². The van der Waals surface area contributed by atoms with E-state index < -0.39 is 6.04 Å². The fraction of sp³-hybridized carbons (Fsp3) is 0.333. The van der Waals surface area contributed by atoms with E-state index >= 15 is 0 Å². The molecule has 1 aliphatic rings. The monoisotopic (exact) mass is 540 g/mol. The van der Waals surface area contributed by atoms with E-state index in [0.717, 1.165) is 53.0 Å². The average molecular weight is 541 g/mol. The lowest BCUT2D eigenvalue weighted by atomic mass is 10.0. The van der Waals surface area contributed by atoms with E-state index in [2.05, 4.69) is 31.5 Å². The molecule has 10 nitrogen and oxygen atoms in total. The Balaban J connectivity index is 1.49. The van der Waals surface area contributed by atoms with E-state index in [9.17, 15) is 4.79 Å². The maximum absolute atomic E-state index is 13.7. The van der Waals surface area contributed by atoms with Crippen molar-refractivity contribution >= 4 is 10.9 Å². The van der Waals surface area contributed by atoms with E-state index in [-0.39, 0.29) is 11.7 Å². The maximum Gasteiger partial charge on any atom is 0.253 e. The summed E-state index contributed by atoms with van der Waals surface area (Å²) in [5.74, 6) is 2.12. The number of furan rings is 1. The van der Waals surface area contributed by atoms with Crippen LogP contribution in [0.3, 0.4) is 0 Å². The molecule has 5 aromatic rings. The summed E-state index contributed by atoms with van der Waals surface area (Å²) in [5, 5.41) is 13.8. The number of tetrazole rings is 1. The smallest absolute Gasteiger partial charge is 0.253 e. The van der Waals surface area contributed by atoms with Gasteiger partial charge in [0.1, 0.15) is 17.6 Å². The van der Waals surface area contributed by atoms with Crippen molar-refractivity contribution in [2.24, 2.45) is 0 Å². The van der Waals surface area contributed by atoms with Crippen molar-refractivity contribution < 1.29 is 13.9 Å². The molecule has 3 aromatic heterocycles. The number of aryl methyl sites for hydroxylation is 1. The highest BCUT2D eigenvalue weighted by molar-refractivity contribution is 5.79. The molecule has 1 fully saturated rings. The lowest BCUT2D eigenvalue weighted by Gasteiger charge is -2.30. The van der Waals surface area contributed by atoms with Crippen molar-refractivity contribution in [1.82, 2.24) is 30.1 Å². The van der Waals surface area contributed by atoms with Gasteiger partial charge in [-0.05, 0) is 83.6 Å². The normalized spacial score (nSPS) is 16.1. The van der Waals surface area contributed by atoms with Gasteiger partial charge in [0.25, 0.3) is 5.56 Å². The van der Waals surface area contributed by atoms with Crippen molar-refractivity contribution in [1.29, 1.82) is 0 Å². The van der Waals surface area contributed by atoms with Crippen LogP contribution in [0.25, 0.3) is 10.9 Å². The number of aromatic amines is 1. The van der Waals surface area contributed by atoms with Crippen LogP contribution >= 0.6 is 0 Å². The molecular formula is C30H32N6O4. The molecule has 0 bridgehead atoms. The van der Waals surface area contributed by atoms with E-state index in [4.69, 9.17) is 13.9 Å². The fourth-order valence-electron chi connectivity index (χ4n) is 5.37. The summed E-state index contributed by atoms with van der Waals surface area (Å²) in [5.41, 5.74) is 3.30. The fourth-order valence-corrected chi connectivity index (χ4v) is 5.37. The predicted molar refractivity (Wildman–Crippen MR) is 149 cm³/mol. The molecule has 1 saturated heterocycles. The zero-order valence-corrected chi connectivity index (χ0v) is 22.6. The molecule has 0 radical (unpaired) electrons. The Labute approximate surface area is 231 Å². The van der Waals surface area contributed by atoms with Gasteiger partial charge in [-0.1, -0.05) is 23.8 Å². The highest BCUT2D eigenvalue weighted by atomic mass is 16.5. The molecule has 4 heterocycles. The summed E-state index contributed by atoms with van der Waals surface area (Å²) in [6.07, 6.45) is 3.64. The van der Waals surface area contributed by atoms with Crippen LogP contribution in [0.15, 0.2) is 76.1 Å². The third kappa shape index (κ3) is 5.54. The molecule has 1 aliphatic heterocycles. The molecule has 0 saturated carbocycles. The van der Waals surface area contributed by atoms with Crippen molar-refractivity contribution in [3.8, 4) is 5.75 Å². The van der Waals surface area contributed by atoms with Gasteiger partial charge < -0.3 is 18.9 Å². The zero-order valence-electron chi connectivity index (χ0n) is 22.6. The SMILES string of the molecule is COc1ccc(CN(Cc2ccco2)[C@H](c2cc3cc(C)ccc3[nH]c2=O)c2nnnn2C[C@@H]2CCCO2)cc1. The van der Waals surface area contributed by atoms with E-state index in [1.165, 1.54) is 0 Å². The number of fused-ring (bicyclic) bond motifs is 1. The third-order valence-electron chi connectivity index (χ3n) is 7.38. The Morgan fingerprint density at radius 2 is 2.02 bits per heavy atom. The summed E-state index contributed by atoms with van der Waals surface area (Å²) >= 11 is 0. The van der Waals surface area contributed by atoms with Crippen LogP contribution in [0, 0.1) is 6.92 Å². The van der Waals surface area contributed by atoms with E-state index in [1.807, 2.05) is 61.5 Å². The van der Waals surface area contributed by atoms with Gasteiger partial charge in [-0.3, -0.25) is 9.69 Å². The third-order valence-corrected chi connectivity index (χ3v) is 7.38. The minimum Gasteiger partial charge on any atom is -0.497 e. The van der Waals surface area contributed by atoms with E-state index in [1.54, 1.807) is 18.1 Å². The lowest BCUT2D eigenvalue weighted by molar-refractivity contribution is 0.0901. The Hall–Kier alpha value is -4.28. The van der Waals surface area contributed by atoms with Crippen LogP contribution < -0.4 is 10.3 Å². The van der Waals surface area contributed by atoms with Crippen LogP contribution in [0.4, 0.5) is 0 Å². The van der Waals surface area contributed by atoms with Crippen molar-refractivity contribution in [2.45, 2.75) is 51.5 Å². The molecule has 206 valence electrons. The first-order chi connectivity index (χ1) is 19.6. The van der Waals surface area contributed by atoms with Gasteiger partial charge in [-0.25, -0.2) is 4.68 Å². The molecule has 10 heteroatoms. The number of H-pyrrole nitrogens is 1. The van der Waals surface area contributed by atoms with Gasteiger partial charge in [0.2, 0.25) is 0 Å². The van der Waals surface area contributed by atoms with Gasteiger partial charge in [0, 0.05) is 24.2 Å². The maximum atomic E-state index is 13.7. The number of nitrogens with one attached hydrogen (secondary N) is 1. The highest BCUT2D eigenvalue weighted by Gasteiger charge is 2.32. The summed E-state index contributed by atoms with van der Waals surface area (Å²) in [6.45, 7) is 4.23. The Morgan fingerprint density at radius 3 is 2.77 bits per heavy atom. The first kappa shape index (κ1) is 26.0. The molecular weight excluding hydrogens is 508 g/mol. The Kier molecular flexibility index (Phi) is 7.43. The predicted octanol–water partition coefficient (Wildman–Crippen LogP) is 4.40. The zero-order chi connectivity index (χ0) is 27.5. The molecule has 0 unspecified atom stereocenters. The second-order valence-electron chi connectivity index (χ2n) is 10.2. The van der Waals surface area contributed by atoms with Crippen LogP contribution in [0.2, 0.25) is 0 Å². The summed E-state index contributed by atoms with van der Waals surface area (Å²) in [7, 11) is 1.65. The average Bonchev–Trinajstić information content (AvgIpc) is 3.75. The number of nitrogens with zero attached hydrogens (tertiary/aromatic N) is 5. The molecule has 2 atom stereocenters. The number of benzene rings is 2. The Morgan fingerprint density at radius 1 is 1.15 bits per heavy atom. The van der Waals surface area contributed by atoms with Crippen molar-refractivity contribution in [2.75, 3.05) is 13.7 Å². The van der Waals surface area contributed by atoms with Gasteiger partial charge in [0.05, 0.1) is 32.6 Å². The number of ether oxygens (including phenoxy) is 2. The molecule has 2 aromatic carbocycles. The summed E-state index contributed by atoms with van der Waals surface area (Å²) in [6, 6.07) is 19.1. The summed E-state index contributed by atoms with van der Waals surface area (Å²) in [4.78, 5) is 19.0. The highest BCUT2D eigenvalue weighted by Crippen LogP contribution is 2.31. The number of rotatable bonds is 10. The van der Waals surface area contributed by atoms with Crippen LogP contribution in [-0.2, 0) is 24.4 Å². The Bertz CT molecular complexity index is 1620. The number of methoxy groups -OCH3 is 1. The quantitative estimate of drug-likeness (QED) is 0.278. The number of hydrogen-bond donors (Lipinski definition) is 1. The van der Waals surface area contributed by atoms with Crippen molar-refractivity contribution in [3.05, 3.63) is 106 Å². The van der Waals surface area contributed by atoms with E-state index in [0.29, 0.717) is 31.0 Å². The number of aromatic nitrogens is 5. The standard InChI is InChI=1S/C30H32N6O4/c1-20-7-12-27-22(15-20)16-26(30(37)31-27)28(29-32-33-34-36(29)19-25-6-4-14-40-25)35(18-24-5-3-13-39-24)17-21-8-10-23(38-2)11-9-21/h3,5,7-13,15-16,25,28H,4,6,14,17-19H2,1-2H3,(H,31,37)/t25-,28+/m0/s1. The molecule has 0 amide bonds. The minimum atomic E-state index is -0.572. The van der Waals surface area contributed by atoms with Gasteiger partial charge >= 0.3 is 0 Å².